The average molecular weight is 520 g/mol. The number of halogens is 3. The van der Waals surface area contributed by atoms with Crippen molar-refractivity contribution >= 4 is 80.7 Å². The molecule has 4 rings (SSSR count). The molecule has 1 atom stereocenters. The van der Waals surface area contributed by atoms with Gasteiger partial charge < -0.3 is 15.1 Å². The normalized spacial score (nSPS) is 16.9. The zero-order valence-electron chi connectivity index (χ0n) is 17.5. The second-order valence-corrected chi connectivity index (χ2v) is 10.3. The summed E-state index contributed by atoms with van der Waals surface area (Å²) < 4.78 is -1.78. The Kier molecular flexibility index (Phi) is 7.39. The van der Waals surface area contributed by atoms with E-state index in [-0.39, 0.29) is 5.91 Å². The van der Waals surface area contributed by atoms with Crippen LogP contribution in [-0.2, 0) is 4.79 Å². The highest BCUT2D eigenvalue weighted by molar-refractivity contribution is 7.80. The Bertz CT molecular complexity index is 1180. The predicted molar refractivity (Wildman–Crippen MR) is 141 cm³/mol. The van der Waals surface area contributed by atoms with Gasteiger partial charge in [-0.15, -0.1) is 0 Å². The van der Waals surface area contributed by atoms with E-state index in [1.807, 2.05) is 60.7 Å². The van der Waals surface area contributed by atoms with E-state index in [1.54, 1.807) is 22.1 Å². The molecule has 1 N–H and O–H groups in total. The number of hydrogen-bond acceptors (Lipinski definition) is 3. The molecular formula is C24H21Cl3N4OS. The maximum absolute atomic E-state index is 13.1. The molecule has 5 nitrogen and oxygen atoms in total. The summed E-state index contributed by atoms with van der Waals surface area (Å²) in [6.07, 6.45) is 4.77. The number of fused-ring (bicyclic) bond motifs is 1. The highest BCUT2D eigenvalue weighted by Crippen LogP contribution is 2.38. The number of alkyl halides is 3. The van der Waals surface area contributed by atoms with Crippen LogP contribution in [-0.4, -0.2) is 48.9 Å². The highest BCUT2D eigenvalue weighted by atomic mass is 35.6. The van der Waals surface area contributed by atoms with Gasteiger partial charge in [0.15, 0.2) is 11.3 Å². The number of nitrogens with one attached hydrogen (secondary N) is 1. The summed E-state index contributed by atoms with van der Waals surface area (Å²) in [6, 6.07) is 19.2. The van der Waals surface area contributed by atoms with Gasteiger partial charge in [-0.3, -0.25) is 9.78 Å². The molecule has 1 aromatic heterocycles. The molecule has 170 valence electrons. The first-order valence-electron chi connectivity index (χ1n) is 10.4. The fourth-order valence-corrected chi connectivity index (χ4v) is 4.85. The van der Waals surface area contributed by atoms with Crippen LogP contribution < -0.4 is 5.32 Å². The first kappa shape index (κ1) is 23.8. The van der Waals surface area contributed by atoms with Crippen LogP contribution in [0.5, 0.6) is 0 Å². The lowest BCUT2D eigenvalue weighted by Gasteiger charge is -2.47. The maximum atomic E-state index is 13.1. The minimum absolute atomic E-state index is 0.255. The van der Waals surface area contributed by atoms with E-state index in [9.17, 15) is 4.79 Å². The fourth-order valence-electron chi connectivity index (χ4n) is 3.84. The van der Waals surface area contributed by atoms with E-state index in [0.717, 1.165) is 22.2 Å². The van der Waals surface area contributed by atoms with Gasteiger partial charge in [-0.2, -0.15) is 0 Å². The lowest BCUT2D eigenvalue weighted by molar-refractivity contribution is -0.132. The Morgan fingerprint density at radius 2 is 1.76 bits per heavy atom. The van der Waals surface area contributed by atoms with Gasteiger partial charge in [0.25, 0.3) is 0 Å². The van der Waals surface area contributed by atoms with Crippen molar-refractivity contribution in [3.05, 3.63) is 78.5 Å². The summed E-state index contributed by atoms with van der Waals surface area (Å²) in [5, 5.41) is 4.57. The molecule has 1 aliphatic heterocycles. The van der Waals surface area contributed by atoms with Crippen molar-refractivity contribution < 1.29 is 4.79 Å². The monoisotopic (exact) mass is 518 g/mol. The molecule has 0 radical (unpaired) electrons. The van der Waals surface area contributed by atoms with Crippen molar-refractivity contribution in [3.8, 4) is 0 Å². The molecule has 1 fully saturated rings. The fraction of sp³-hybridized carbons (Fsp3) is 0.208. The second-order valence-electron chi connectivity index (χ2n) is 7.55. The molecule has 2 heterocycles. The summed E-state index contributed by atoms with van der Waals surface area (Å²) in [5.41, 5.74) is 2.43. The van der Waals surface area contributed by atoms with E-state index >= 15 is 0 Å². The number of pyridine rings is 1. The van der Waals surface area contributed by atoms with Gasteiger partial charge in [0.1, 0.15) is 0 Å². The number of amides is 1. The van der Waals surface area contributed by atoms with Crippen LogP contribution >= 0.6 is 47.0 Å². The molecule has 2 aromatic carbocycles. The van der Waals surface area contributed by atoms with Crippen LogP contribution in [0.4, 0.5) is 5.69 Å². The van der Waals surface area contributed by atoms with Crippen LogP contribution in [0, 0.1) is 0 Å². The number of carbonyl (C=O) groups is 1. The Morgan fingerprint density at radius 3 is 2.52 bits per heavy atom. The van der Waals surface area contributed by atoms with Crippen LogP contribution in [0.2, 0.25) is 0 Å². The molecule has 1 unspecified atom stereocenters. The number of nitrogens with zero attached hydrogens (tertiary/aromatic N) is 3. The minimum atomic E-state index is -1.78. The molecule has 0 saturated carbocycles. The van der Waals surface area contributed by atoms with Crippen molar-refractivity contribution in [2.45, 2.75) is 16.4 Å². The van der Waals surface area contributed by atoms with Gasteiger partial charge in [-0.25, -0.2) is 0 Å². The third-order valence-corrected chi connectivity index (χ3v) is 6.24. The zero-order chi connectivity index (χ0) is 23.4. The summed E-state index contributed by atoms with van der Waals surface area (Å²) in [6.45, 7) is 0.986. The average Bonchev–Trinajstić information content (AvgIpc) is 2.82. The van der Waals surface area contributed by atoms with E-state index in [2.05, 4.69) is 10.3 Å². The van der Waals surface area contributed by atoms with Crippen molar-refractivity contribution in [1.82, 2.24) is 14.8 Å². The number of carbonyl (C=O) groups excluding carboxylic acids is 1. The van der Waals surface area contributed by atoms with Gasteiger partial charge in [0, 0.05) is 30.7 Å². The maximum Gasteiger partial charge on any atom is 0.248 e. The molecule has 0 bridgehead atoms. The summed E-state index contributed by atoms with van der Waals surface area (Å²) >= 11 is 24.8. The first-order valence-corrected chi connectivity index (χ1v) is 11.9. The van der Waals surface area contributed by atoms with E-state index in [1.165, 1.54) is 6.08 Å². The molecule has 3 aromatic rings. The minimum Gasteiger partial charge on any atom is -0.331 e. The number of aromatic nitrogens is 1. The number of rotatable bonds is 3. The SMILES string of the molecule is O=C(/C=C/c1ccccc1)N1CCCN(C(=S)Nc2cccc3cccnc23)C1C(Cl)(Cl)Cl. The molecule has 0 aliphatic carbocycles. The van der Waals surface area contributed by atoms with E-state index < -0.39 is 9.96 Å². The molecule has 1 amide bonds. The largest absolute Gasteiger partial charge is 0.331 e. The number of anilines is 1. The zero-order valence-corrected chi connectivity index (χ0v) is 20.6. The van der Waals surface area contributed by atoms with Crippen molar-refractivity contribution in [2.75, 3.05) is 18.4 Å². The smallest absolute Gasteiger partial charge is 0.248 e. The number of hydrogen-bond donors (Lipinski definition) is 1. The predicted octanol–water partition coefficient (Wildman–Crippen LogP) is 5.88. The van der Waals surface area contributed by atoms with Crippen LogP contribution in [0.1, 0.15) is 12.0 Å². The van der Waals surface area contributed by atoms with Crippen LogP contribution in [0.25, 0.3) is 17.0 Å². The van der Waals surface area contributed by atoms with Gasteiger partial charge in [0.2, 0.25) is 9.70 Å². The second kappa shape index (κ2) is 10.3. The van der Waals surface area contributed by atoms with Crippen molar-refractivity contribution in [1.29, 1.82) is 0 Å². The number of thiocarbonyl (C=S) groups is 1. The summed E-state index contributed by atoms with van der Waals surface area (Å²) in [4.78, 5) is 20.8. The molecule has 0 spiro atoms. The van der Waals surface area contributed by atoms with Crippen molar-refractivity contribution in [2.24, 2.45) is 0 Å². The lowest BCUT2D eigenvalue weighted by Crippen LogP contribution is -2.63. The molecule has 33 heavy (non-hydrogen) atoms. The molecule has 1 aliphatic rings. The Hall–Kier alpha value is -2.38. The van der Waals surface area contributed by atoms with Gasteiger partial charge in [-0.1, -0.05) is 83.3 Å². The lowest BCUT2D eigenvalue weighted by atomic mass is 10.2. The molecule has 9 heteroatoms. The quantitative estimate of drug-likeness (QED) is 0.266. The third kappa shape index (κ3) is 5.58. The topological polar surface area (TPSA) is 48.5 Å². The number of benzene rings is 2. The molecular weight excluding hydrogens is 499 g/mol. The standard InChI is InChI=1S/C24H21Cl3N4OS/c25-24(26,27)22-30(20(32)13-12-17-7-2-1-3-8-17)15-6-16-31(22)23(33)29-19-11-4-9-18-10-5-14-28-21(18)19/h1-5,7-14,22H,6,15-16H2,(H,29,33)/b13-12+. The van der Waals surface area contributed by atoms with Crippen molar-refractivity contribution in [3.63, 3.8) is 0 Å². The first-order chi connectivity index (χ1) is 15.8. The Labute approximate surface area is 212 Å². The Morgan fingerprint density at radius 1 is 1.03 bits per heavy atom. The van der Waals surface area contributed by atoms with Gasteiger partial charge >= 0.3 is 0 Å². The van der Waals surface area contributed by atoms with E-state index in [0.29, 0.717) is 24.6 Å². The number of para-hydroxylation sites is 1. The van der Waals surface area contributed by atoms with E-state index in [4.69, 9.17) is 47.0 Å². The molecule has 1 saturated heterocycles. The summed E-state index contributed by atoms with van der Waals surface area (Å²) in [7, 11) is 0. The van der Waals surface area contributed by atoms with Gasteiger partial charge in [-0.05, 0) is 42.4 Å². The van der Waals surface area contributed by atoms with Crippen LogP contribution in [0.3, 0.4) is 0 Å². The third-order valence-electron chi connectivity index (χ3n) is 5.32. The highest BCUT2D eigenvalue weighted by Gasteiger charge is 2.46. The Balaban J connectivity index is 1.58. The summed E-state index contributed by atoms with van der Waals surface area (Å²) in [5.74, 6) is -0.255. The van der Waals surface area contributed by atoms with Gasteiger partial charge in [0.05, 0.1) is 11.2 Å². The van der Waals surface area contributed by atoms with Crippen LogP contribution in [0.15, 0.2) is 72.9 Å².